The van der Waals surface area contributed by atoms with E-state index in [2.05, 4.69) is 25.4 Å². The predicted molar refractivity (Wildman–Crippen MR) is 121 cm³/mol. The Kier molecular flexibility index (Phi) is 5.57. The topological polar surface area (TPSA) is 109 Å². The van der Waals surface area contributed by atoms with Crippen LogP contribution in [0.5, 0.6) is 0 Å². The molecule has 0 bridgehead atoms. The molecule has 34 heavy (non-hydrogen) atoms. The summed E-state index contributed by atoms with van der Waals surface area (Å²) in [6, 6.07) is 6.42. The Morgan fingerprint density at radius 2 is 1.97 bits per heavy atom. The molecule has 11 heteroatoms. The van der Waals surface area contributed by atoms with E-state index in [-0.39, 0.29) is 34.4 Å². The van der Waals surface area contributed by atoms with Crippen LogP contribution >= 0.6 is 0 Å². The molecule has 174 valence electrons. The lowest BCUT2D eigenvalue weighted by Gasteiger charge is -2.31. The van der Waals surface area contributed by atoms with Crippen molar-refractivity contribution in [3.05, 3.63) is 53.7 Å². The molecule has 1 saturated heterocycles. The SMILES string of the molecule is CC(C)c1noc(N2CCC(n3cc(F)c4c(Nc5ccc(C#N)cc5F)ncnc43)CC2)n1. The van der Waals surface area contributed by atoms with E-state index in [0.717, 1.165) is 18.9 Å². The number of fused-ring (bicyclic) bond motifs is 1. The first-order valence-electron chi connectivity index (χ1n) is 11.0. The van der Waals surface area contributed by atoms with Gasteiger partial charge in [0.05, 0.1) is 22.7 Å². The number of aromatic nitrogens is 5. The van der Waals surface area contributed by atoms with E-state index in [1.54, 1.807) is 0 Å². The summed E-state index contributed by atoms with van der Waals surface area (Å²) in [5.74, 6) is -0.0994. The monoisotopic (exact) mass is 464 g/mol. The molecule has 0 spiro atoms. The van der Waals surface area contributed by atoms with Crippen LogP contribution < -0.4 is 10.2 Å². The Labute approximate surface area is 194 Å². The minimum absolute atomic E-state index is 0.0186. The van der Waals surface area contributed by atoms with E-state index in [0.29, 0.717) is 30.6 Å². The molecule has 1 fully saturated rings. The molecule has 3 aromatic heterocycles. The Balaban J connectivity index is 1.38. The van der Waals surface area contributed by atoms with Crippen molar-refractivity contribution < 1.29 is 13.3 Å². The highest BCUT2D eigenvalue weighted by Gasteiger charge is 2.27. The summed E-state index contributed by atoms with van der Waals surface area (Å²) >= 11 is 0. The standard InChI is InChI=1S/C23H22F2N8O/c1-13(2)20-30-23(34-31-20)32-7-5-15(6-8-32)33-11-17(25)19-21(27-12-28-22(19)33)29-18-4-3-14(10-26)9-16(18)24/h3-4,9,11-13,15H,5-8H2,1-2H3,(H,27,28,29). The summed E-state index contributed by atoms with van der Waals surface area (Å²) in [6.07, 6.45) is 4.21. The quantitative estimate of drug-likeness (QED) is 0.454. The van der Waals surface area contributed by atoms with Gasteiger partial charge < -0.3 is 19.3 Å². The second-order valence-corrected chi connectivity index (χ2v) is 8.54. The number of nitrogens with one attached hydrogen (secondary N) is 1. The van der Waals surface area contributed by atoms with Gasteiger partial charge in [-0.1, -0.05) is 19.0 Å². The van der Waals surface area contributed by atoms with Gasteiger partial charge in [0, 0.05) is 31.2 Å². The van der Waals surface area contributed by atoms with Gasteiger partial charge in [-0.3, -0.25) is 0 Å². The van der Waals surface area contributed by atoms with Crippen LogP contribution in [0.1, 0.15) is 50.0 Å². The average Bonchev–Trinajstić information content (AvgIpc) is 3.47. The number of hydrogen-bond acceptors (Lipinski definition) is 8. The molecule has 1 aliphatic heterocycles. The van der Waals surface area contributed by atoms with Gasteiger partial charge in [0.25, 0.3) is 0 Å². The Morgan fingerprint density at radius 3 is 2.65 bits per heavy atom. The lowest BCUT2D eigenvalue weighted by Crippen LogP contribution is -2.34. The second kappa shape index (κ2) is 8.70. The Hall–Kier alpha value is -4.07. The van der Waals surface area contributed by atoms with Crippen molar-refractivity contribution in [1.82, 2.24) is 24.7 Å². The molecule has 1 N–H and O–H groups in total. The van der Waals surface area contributed by atoms with Gasteiger partial charge in [-0.25, -0.2) is 18.7 Å². The highest BCUT2D eigenvalue weighted by molar-refractivity contribution is 5.90. The number of anilines is 3. The maximum Gasteiger partial charge on any atom is 0.324 e. The van der Waals surface area contributed by atoms with Crippen molar-refractivity contribution in [1.29, 1.82) is 5.26 Å². The molecular formula is C23H22F2N8O. The molecule has 0 amide bonds. The fourth-order valence-electron chi connectivity index (χ4n) is 4.15. The first-order chi connectivity index (χ1) is 16.4. The molecule has 1 aliphatic rings. The van der Waals surface area contributed by atoms with Gasteiger partial charge >= 0.3 is 6.01 Å². The van der Waals surface area contributed by atoms with Crippen LogP contribution in [-0.2, 0) is 0 Å². The minimum atomic E-state index is -0.625. The number of nitrogens with zero attached hydrogens (tertiary/aromatic N) is 7. The van der Waals surface area contributed by atoms with Crippen molar-refractivity contribution in [3.63, 3.8) is 0 Å². The number of piperidine rings is 1. The third-order valence-electron chi connectivity index (χ3n) is 5.99. The molecule has 5 rings (SSSR count). The number of halogens is 2. The van der Waals surface area contributed by atoms with Gasteiger partial charge in [-0.05, 0) is 31.0 Å². The zero-order valence-corrected chi connectivity index (χ0v) is 18.7. The first-order valence-corrected chi connectivity index (χ1v) is 11.0. The second-order valence-electron chi connectivity index (χ2n) is 8.54. The normalized spacial score (nSPS) is 14.6. The van der Waals surface area contributed by atoms with E-state index in [9.17, 15) is 4.39 Å². The van der Waals surface area contributed by atoms with Crippen LogP contribution in [0.3, 0.4) is 0 Å². The maximum atomic E-state index is 15.0. The summed E-state index contributed by atoms with van der Waals surface area (Å²) in [4.78, 5) is 14.9. The number of hydrogen-bond donors (Lipinski definition) is 1. The molecule has 4 heterocycles. The molecule has 0 atom stereocenters. The maximum absolute atomic E-state index is 15.0. The van der Waals surface area contributed by atoms with E-state index < -0.39 is 11.6 Å². The summed E-state index contributed by atoms with van der Waals surface area (Å²) < 4.78 is 36.6. The number of nitriles is 1. The molecule has 1 aromatic carbocycles. The Bertz CT molecular complexity index is 1380. The van der Waals surface area contributed by atoms with Crippen LogP contribution in [0.4, 0.5) is 26.3 Å². The van der Waals surface area contributed by atoms with Gasteiger partial charge in [0.15, 0.2) is 11.6 Å². The van der Waals surface area contributed by atoms with Gasteiger partial charge in [0.1, 0.15) is 23.6 Å². The highest BCUT2D eigenvalue weighted by atomic mass is 19.1. The van der Waals surface area contributed by atoms with E-state index in [4.69, 9.17) is 9.78 Å². The Morgan fingerprint density at radius 1 is 1.18 bits per heavy atom. The van der Waals surface area contributed by atoms with Crippen molar-refractivity contribution >= 4 is 28.6 Å². The van der Waals surface area contributed by atoms with Crippen LogP contribution in [0.2, 0.25) is 0 Å². The van der Waals surface area contributed by atoms with E-state index in [1.807, 2.05) is 29.4 Å². The van der Waals surface area contributed by atoms with Gasteiger partial charge in [0.2, 0.25) is 0 Å². The first kappa shape index (κ1) is 21.8. The molecule has 4 aromatic rings. The third kappa shape index (κ3) is 3.91. The van der Waals surface area contributed by atoms with Crippen molar-refractivity contribution in [3.8, 4) is 6.07 Å². The summed E-state index contributed by atoms with van der Waals surface area (Å²) in [6.45, 7) is 5.37. The lowest BCUT2D eigenvalue weighted by molar-refractivity contribution is 0.360. The zero-order chi connectivity index (χ0) is 23.8. The van der Waals surface area contributed by atoms with Crippen molar-refractivity contribution in [2.45, 2.75) is 38.6 Å². The number of rotatable bonds is 5. The predicted octanol–water partition coefficient (Wildman–Crippen LogP) is 4.67. The largest absolute Gasteiger partial charge is 0.337 e. The van der Waals surface area contributed by atoms with E-state index >= 15 is 4.39 Å². The van der Waals surface area contributed by atoms with Gasteiger partial charge in [-0.2, -0.15) is 10.2 Å². The zero-order valence-electron chi connectivity index (χ0n) is 18.7. The minimum Gasteiger partial charge on any atom is -0.337 e. The van der Waals surface area contributed by atoms with Crippen LogP contribution in [0, 0.1) is 23.0 Å². The summed E-state index contributed by atoms with van der Waals surface area (Å²) in [5, 5.41) is 16.0. The summed E-state index contributed by atoms with van der Waals surface area (Å²) in [7, 11) is 0. The lowest BCUT2D eigenvalue weighted by atomic mass is 10.1. The van der Waals surface area contributed by atoms with Crippen LogP contribution in [0.15, 0.2) is 35.2 Å². The third-order valence-corrected chi connectivity index (χ3v) is 5.99. The number of benzene rings is 1. The van der Waals surface area contributed by atoms with Crippen molar-refractivity contribution in [2.75, 3.05) is 23.3 Å². The van der Waals surface area contributed by atoms with Crippen LogP contribution in [-0.4, -0.2) is 37.8 Å². The fraction of sp³-hybridized carbons (Fsp3) is 0.348. The fourth-order valence-corrected chi connectivity index (χ4v) is 4.15. The molecule has 0 saturated carbocycles. The van der Waals surface area contributed by atoms with Gasteiger partial charge in [-0.15, -0.1) is 0 Å². The smallest absolute Gasteiger partial charge is 0.324 e. The molecule has 0 aliphatic carbocycles. The highest BCUT2D eigenvalue weighted by Crippen LogP contribution is 2.33. The van der Waals surface area contributed by atoms with E-state index in [1.165, 1.54) is 24.7 Å². The molecular weight excluding hydrogens is 442 g/mol. The molecule has 0 radical (unpaired) electrons. The molecule has 9 nitrogen and oxygen atoms in total. The van der Waals surface area contributed by atoms with Crippen molar-refractivity contribution in [2.24, 2.45) is 0 Å². The average molecular weight is 464 g/mol. The summed E-state index contributed by atoms with van der Waals surface area (Å²) in [5.41, 5.74) is 0.725. The van der Waals surface area contributed by atoms with Crippen LogP contribution in [0.25, 0.3) is 11.0 Å². The molecule has 0 unspecified atom stereocenters.